The highest BCUT2D eigenvalue weighted by Crippen LogP contribution is 2.21. The van der Waals surface area contributed by atoms with E-state index in [1.165, 1.54) is 6.07 Å². The first-order valence-corrected chi connectivity index (χ1v) is 8.21. The number of benzene rings is 2. The van der Waals surface area contributed by atoms with Crippen LogP contribution >= 0.6 is 11.5 Å². The van der Waals surface area contributed by atoms with E-state index in [4.69, 9.17) is 4.42 Å². The van der Waals surface area contributed by atoms with Crippen molar-refractivity contribution in [3.05, 3.63) is 76.6 Å². The number of hydrogen-bond donors (Lipinski definition) is 1. The molecule has 0 bridgehead atoms. The van der Waals surface area contributed by atoms with Crippen molar-refractivity contribution in [3.8, 4) is 11.4 Å². The summed E-state index contributed by atoms with van der Waals surface area (Å²) in [5.74, 6) is -0.0540. The molecule has 1 amide bonds. The van der Waals surface area contributed by atoms with E-state index in [0.717, 1.165) is 17.1 Å². The SMILES string of the molecule is O=C(Nc1nc(-c2ccccc2)ns1)c1cc2ccccc2oc1=O. The van der Waals surface area contributed by atoms with Crippen LogP contribution in [0.25, 0.3) is 22.4 Å². The molecule has 0 aliphatic heterocycles. The Bertz CT molecular complexity index is 1120. The second-order valence-electron chi connectivity index (χ2n) is 5.23. The van der Waals surface area contributed by atoms with Crippen molar-refractivity contribution in [1.82, 2.24) is 9.36 Å². The number of anilines is 1. The fourth-order valence-electron chi connectivity index (χ4n) is 2.36. The molecule has 2 aromatic heterocycles. The van der Waals surface area contributed by atoms with Gasteiger partial charge in [-0.05, 0) is 12.1 Å². The Hall–Kier alpha value is -3.32. The Morgan fingerprint density at radius 2 is 1.80 bits per heavy atom. The molecule has 0 aliphatic carbocycles. The normalized spacial score (nSPS) is 10.7. The largest absolute Gasteiger partial charge is 0.422 e. The van der Waals surface area contributed by atoms with Crippen molar-refractivity contribution < 1.29 is 9.21 Å². The Balaban J connectivity index is 1.61. The third kappa shape index (κ3) is 3.05. The first kappa shape index (κ1) is 15.2. The third-order valence-corrected chi connectivity index (χ3v) is 4.20. The number of amides is 1. The van der Waals surface area contributed by atoms with E-state index in [0.29, 0.717) is 21.9 Å². The van der Waals surface area contributed by atoms with Crippen molar-refractivity contribution in [3.63, 3.8) is 0 Å². The minimum Gasteiger partial charge on any atom is -0.422 e. The van der Waals surface area contributed by atoms with Crippen molar-refractivity contribution in [2.75, 3.05) is 5.32 Å². The molecule has 0 saturated heterocycles. The molecule has 6 nitrogen and oxygen atoms in total. The lowest BCUT2D eigenvalue weighted by Gasteiger charge is -2.01. The molecule has 1 N–H and O–H groups in total. The summed E-state index contributed by atoms with van der Waals surface area (Å²) in [6.45, 7) is 0. The van der Waals surface area contributed by atoms with E-state index in [-0.39, 0.29) is 5.56 Å². The van der Waals surface area contributed by atoms with Gasteiger partial charge in [0.05, 0.1) is 0 Å². The Labute approximate surface area is 145 Å². The number of hydrogen-bond acceptors (Lipinski definition) is 6. The molecule has 0 atom stereocenters. The summed E-state index contributed by atoms with van der Waals surface area (Å²) in [6, 6.07) is 18.0. The molecule has 0 fully saturated rings. The molecule has 0 saturated carbocycles. The van der Waals surface area contributed by atoms with Crippen molar-refractivity contribution in [2.45, 2.75) is 0 Å². The van der Waals surface area contributed by atoms with Gasteiger partial charge in [-0.15, -0.1) is 0 Å². The minimum absolute atomic E-state index is 0.0739. The van der Waals surface area contributed by atoms with Gasteiger partial charge in [-0.3, -0.25) is 10.1 Å². The van der Waals surface area contributed by atoms with Crippen molar-refractivity contribution >= 4 is 33.5 Å². The lowest BCUT2D eigenvalue weighted by Crippen LogP contribution is -2.20. The van der Waals surface area contributed by atoms with Gasteiger partial charge in [0, 0.05) is 22.5 Å². The highest BCUT2D eigenvalue weighted by atomic mass is 32.1. The molecule has 0 aliphatic rings. The summed E-state index contributed by atoms with van der Waals surface area (Å²) < 4.78 is 9.40. The van der Waals surface area contributed by atoms with Crippen molar-refractivity contribution in [1.29, 1.82) is 0 Å². The summed E-state index contributed by atoms with van der Waals surface area (Å²) in [5, 5.41) is 3.59. The number of fused-ring (bicyclic) bond motifs is 1. The number of carbonyl (C=O) groups is 1. The molecule has 2 aromatic carbocycles. The number of rotatable bonds is 3. The first-order valence-electron chi connectivity index (χ1n) is 7.44. The van der Waals surface area contributed by atoms with E-state index < -0.39 is 11.5 Å². The standard InChI is InChI=1S/C18H11N3O3S/c22-16(13-10-12-8-4-5-9-14(12)24-17(13)23)20-18-19-15(21-25-18)11-6-2-1-3-7-11/h1-10H,(H,19,20,21,22). The van der Waals surface area contributed by atoms with Gasteiger partial charge in [-0.2, -0.15) is 9.36 Å². The van der Waals surface area contributed by atoms with E-state index in [9.17, 15) is 9.59 Å². The van der Waals surface area contributed by atoms with Crippen LogP contribution in [0.3, 0.4) is 0 Å². The number of nitrogens with one attached hydrogen (secondary N) is 1. The van der Waals surface area contributed by atoms with Crippen LogP contribution in [-0.2, 0) is 0 Å². The van der Waals surface area contributed by atoms with Gasteiger partial charge in [0.1, 0.15) is 11.1 Å². The van der Waals surface area contributed by atoms with Crippen LogP contribution in [0.5, 0.6) is 0 Å². The van der Waals surface area contributed by atoms with Crippen LogP contribution in [0, 0.1) is 0 Å². The average molecular weight is 349 g/mol. The van der Waals surface area contributed by atoms with Crippen LogP contribution < -0.4 is 10.9 Å². The number of aromatic nitrogens is 2. The van der Waals surface area contributed by atoms with Gasteiger partial charge in [-0.25, -0.2) is 4.79 Å². The predicted octanol–water partition coefficient (Wildman–Crippen LogP) is 3.56. The third-order valence-electron chi connectivity index (χ3n) is 3.56. The van der Waals surface area contributed by atoms with Crippen molar-refractivity contribution in [2.24, 2.45) is 0 Å². The smallest absolute Gasteiger partial charge is 0.349 e. The number of para-hydroxylation sites is 1. The highest BCUT2D eigenvalue weighted by molar-refractivity contribution is 7.10. The summed E-state index contributed by atoms with van der Waals surface area (Å²) in [4.78, 5) is 28.7. The minimum atomic E-state index is -0.691. The molecule has 2 heterocycles. The maximum Gasteiger partial charge on any atom is 0.349 e. The fourth-order valence-corrected chi connectivity index (χ4v) is 2.95. The average Bonchev–Trinajstić information content (AvgIpc) is 3.10. The molecular weight excluding hydrogens is 338 g/mol. The highest BCUT2D eigenvalue weighted by Gasteiger charge is 2.16. The molecule has 0 spiro atoms. The zero-order valence-corrected chi connectivity index (χ0v) is 13.6. The molecular formula is C18H11N3O3S. The van der Waals surface area contributed by atoms with Gasteiger partial charge < -0.3 is 4.42 Å². The lowest BCUT2D eigenvalue weighted by molar-refractivity contribution is 0.102. The quantitative estimate of drug-likeness (QED) is 0.572. The Morgan fingerprint density at radius 3 is 2.64 bits per heavy atom. The molecule has 7 heteroatoms. The maximum absolute atomic E-state index is 12.4. The topological polar surface area (TPSA) is 85.1 Å². The summed E-state index contributed by atoms with van der Waals surface area (Å²) >= 11 is 1.05. The Kier molecular flexibility index (Phi) is 3.83. The van der Waals surface area contributed by atoms with Crippen LogP contribution in [0.2, 0.25) is 0 Å². The maximum atomic E-state index is 12.4. The van der Waals surface area contributed by atoms with E-state index in [1.54, 1.807) is 24.3 Å². The van der Waals surface area contributed by atoms with Gasteiger partial charge in [0.25, 0.3) is 5.91 Å². The molecule has 25 heavy (non-hydrogen) atoms. The Morgan fingerprint density at radius 1 is 1.04 bits per heavy atom. The summed E-state index contributed by atoms with van der Waals surface area (Å²) in [5.41, 5.74) is 0.523. The molecule has 4 rings (SSSR count). The van der Waals surface area contributed by atoms with Crippen LogP contribution in [0.4, 0.5) is 5.13 Å². The van der Waals surface area contributed by atoms with Gasteiger partial charge in [0.15, 0.2) is 5.82 Å². The second-order valence-corrected chi connectivity index (χ2v) is 5.98. The van der Waals surface area contributed by atoms with Gasteiger partial charge in [-0.1, -0.05) is 48.5 Å². The molecule has 122 valence electrons. The van der Waals surface area contributed by atoms with Crippen LogP contribution in [0.15, 0.2) is 69.9 Å². The predicted molar refractivity (Wildman–Crippen MR) is 95.8 cm³/mol. The zero-order chi connectivity index (χ0) is 17.2. The molecule has 4 aromatic rings. The second kappa shape index (κ2) is 6.29. The fraction of sp³-hybridized carbons (Fsp3) is 0. The summed E-state index contributed by atoms with van der Waals surface area (Å²) in [6.07, 6.45) is 0. The molecule has 0 unspecified atom stereocenters. The number of nitrogens with zero attached hydrogens (tertiary/aromatic N) is 2. The van der Waals surface area contributed by atoms with Gasteiger partial charge >= 0.3 is 5.63 Å². The van der Waals surface area contributed by atoms with E-state index in [1.807, 2.05) is 30.3 Å². The van der Waals surface area contributed by atoms with E-state index in [2.05, 4.69) is 14.7 Å². The summed E-state index contributed by atoms with van der Waals surface area (Å²) in [7, 11) is 0. The van der Waals surface area contributed by atoms with Crippen LogP contribution in [-0.4, -0.2) is 15.3 Å². The lowest BCUT2D eigenvalue weighted by atomic mass is 10.2. The zero-order valence-electron chi connectivity index (χ0n) is 12.8. The van der Waals surface area contributed by atoms with E-state index >= 15 is 0 Å². The van der Waals surface area contributed by atoms with Gasteiger partial charge in [0.2, 0.25) is 5.13 Å². The number of carbonyl (C=O) groups excluding carboxylic acids is 1. The monoisotopic (exact) mass is 349 g/mol. The molecule has 0 radical (unpaired) electrons. The van der Waals surface area contributed by atoms with Crippen LogP contribution in [0.1, 0.15) is 10.4 Å². The first-order chi connectivity index (χ1) is 12.2.